The third-order valence-electron chi connectivity index (χ3n) is 2.93. The van der Waals surface area contributed by atoms with Crippen LogP contribution in [0.15, 0.2) is 24.3 Å². The van der Waals surface area contributed by atoms with Crippen LogP contribution in [0, 0.1) is 0 Å². The number of nitrogens with one attached hydrogen (secondary N) is 1. The molecule has 0 saturated carbocycles. The van der Waals surface area contributed by atoms with Crippen LogP contribution in [0.3, 0.4) is 0 Å². The van der Waals surface area contributed by atoms with E-state index in [1.54, 1.807) is 6.92 Å². The molecule has 1 heterocycles. The van der Waals surface area contributed by atoms with Crippen molar-refractivity contribution in [1.29, 1.82) is 0 Å². The lowest BCUT2D eigenvalue weighted by atomic mass is 9.83. The lowest BCUT2D eigenvalue weighted by Gasteiger charge is -2.21. The third kappa shape index (κ3) is 2.87. The summed E-state index contributed by atoms with van der Waals surface area (Å²) in [5.41, 5.74) is 2.03. The number of carbonyl (C=O) groups is 1. The molecule has 0 bridgehead atoms. The summed E-state index contributed by atoms with van der Waals surface area (Å²) in [6.07, 6.45) is 0. The van der Waals surface area contributed by atoms with Crippen LogP contribution < -0.4 is 0 Å². The second-order valence-electron chi connectivity index (χ2n) is 5.52. The Labute approximate surface area is 118 Å². The monoisotopic (exact) mass is 273 g/mol. The summed E-state index contributed by atoms with van der Waals surface area (Å²) < 4.78 is 4.90. The van der Waals surface area contributed by atoms with Gasteiger partial charge in [0.2, 0.25) is 5.82 Å². The van der Waals surface area contributed by atoms with Gasteiger partial charge in [0, 0.05) is 5.56 Å². The van der Waals surface area contributed by atoms with Crippen LogP contribution in [0.4, 0.5) is 0 Å². The summed E-state index contributed by atoms with van der Waals surface area (Å²) in [5, 5.41) is 6.76. The molecule has 0 amide bonds. The van der Waals surface area contributed by atoms with E-state index in [1.807, 2.05) is 18.2 Å². The van der Waals surface area contributed by atoms with Crippen LogP contribution in [-0.2, 0) is 10.2 Å². The van der Waals surface area contributed by atoms with Crippen molar-refractivity contribution < 1.29 is 9.53 Å². The topological polar surface area (TPSA) is 67.9 Å². The van der Waals surface area contributed by atoms with Gasteiger partial charge in [0.05, 0.1) is 6.61 Å². The highest BCUT2D eigenvalue weighted by Crippen LogP contribution is 2.30. The molecule has 1 aromatic heterocycles. The van der Waals surface area contributed by atoms with Gasteiger partial charge in [-0.1, -0.05) is 45.0 Å². The van der Waals surface area contributed by atoms with Gasteiger partial charge in [0.1, 0.15) is 0 Å². The summed E-state index contributed by atoms with van der Waals surface area (Å²) in [5.74, 6) is 0.156. The first-order valence-electron chi connectivity index (χ1n) is 6.63. The molecular weight excluding hydrogens is 254 g/mol. The Morgan fingerprint density at radius 3 is 2.65 bits per heavy atom. The molecule has 0 radical (unpaired) electrons. The predicted octanol–water partition coefficient (Wildman–Crippen LogP) is 2.95. The fourth-order valence-corrected chi connectivity index (χ4v) is 2.01. The Morgan fingerprint density at radius 2 is 2.00 bits per heavy atom. The van der Waals surface area contributed by atoms with Crippen molar-refractivity contribution in [2.45, 2.75) is 33.1 Å². The van der Waals surface area contributed by atoms with E-state index in [0.717, 1.165) is 11.1 Å². The zero-order valence-electron chi connectivity index (χ0n) is 12.2. The van der Waals surface area contributed by atoms with Crippen molar-refractivity contribution in [1.82, 2.24) is 15.2 Å². The van der Waals surface area contributed by atoms with Gasteiger partial charge in [-0.2, -0.15) is 5.10 Å². The number of ether oxygens (including phenoxy) is 1. The van der Waals surface area contributed by atoms with Gasteiger partial charge >= 0.3 is 5.97 Å². The van der Waals surface area contributed by atoms with Crippen LogP contribution >= 0.6 is 0 Å². The predicted molar refractivity (Wildman–Crippen MR) is 76.5 cm³/mol. The lowest BCUT2D eigenvalue weighted by Crippen LogP contribution is -2.13. The highest BCUT2D eigenvalue weighted by molar-refractivity contribution is 5.85. The van der Waals surface area contributed by atoms with Crippen LogP contribution in [0.25, 0.3) is 11.4 Å². The van der Waals surface area contributed by atoms with E-state index in [1.165, 1.54) is 0 Å². The molecule has 106 valence electrons. The molecule has 0 saturated heterocycles. The van der Waals surface area contributed by atoms with E-state index >= 15 is 0 Å². The number of hydrogen-bond donors (Lipinski definition) is 1. The van der Waals surface area contributed by atoms with Crippen molar-refractivity contribution in [2.24, 2.45) is 0 Å². The second kappa shape index (κ2) is 5.45. The SMILES string of the molecule is CCOC(=O)c1nc(-c2ccccc2C(C)(C)C)n[nH]1. The average Bonchev–Trinajstić information content (AvgIpc) is 2.87. The molecule has 20 heavy (non-hydrogen) atoms. The normalized spacial score (nSPS) is 11.4. The summed E-state index contributed by atoms with van der Waals surface area (Å²) in [7, 11) is 0. The van der Waals surface area contributed by atoms with Gasteiger partial charge < -0.3 is 4.74 Å². The number of benzene rings is 1. The quantitative estimate of drug-likeness (QED) is 0.873. The molecule has 1 aromatic carbocycles. The van der Waals surface area contributed by atoms with E-state index in [0.29, 0.717) is 12.4 Å². The minimum atomic E-state index is -0.487. The molecule has 5 heteroatoms. The van der Waals surface area contributed by atoms with Gasteiger partial charge in [-0.25, -0.2) is 9.78 Å². The number of esters is 1. The molecule has 0 aliphatic carbocycles. The first kappa shape index (κ1) is 14.2. The van der Waals surface area contributed by atoms with Crippen LogP contribution in [0.2, 0.25) is 0 Å². The summed E-state index contributed by atoms with van der Waals surface area (Å²) >= 11 is 0. The highest BCUT2D eigenvalue weighted by Gasteiger charge is 2.21. The number of aromatic nitrogens is 3. The molecular formula is C15H19N3O2. The smallest absolute Gasteiger partial charge is 0.375 e. The number of aromatic amines is 1. The number of H-pyrrole nitrogens is 1. The Morgan fingerprint density at radius 1 is 1.30 bits per heavy atom. The molecule has 0 aliphatic rings. The largest absolute Gasteiger partial charge is 0.460 e. The zero-order valence-corrected chi connectivity index (χ0v) is 12.2. The van der Waals surface area contributed by atoms with Gasteiger partial charge in [-0.3, -0.25) is 5.10 Å². The standard InChI is InChI=1S/C15H19N3O2/c1-5-20-14(19)13-16-12(17-18-13)10-8-6-7-9-11(10)15(2,3)4/h6-9H,5H2,1-4H3,(H,16,17,18). The number of nitrogens with zero attached hydrogens (tertiary/aromatic N) is 2. The van der Waals surface area contributed by atoms with E-state index in [4.69, 9.17) is 4.74 Å². The number of hydrogen-bond acceptors (Lipinski definition) is 4. The Bertz CT molecular complexity index is 612. The van der Waals surface area contributed by atoms with E-state index in [9.17, 15) is 4.79 Å². The maximum absolute atomic E-state index is 11.6. The van der Waals surface area contributed by atoms with Crippen molar-refractivity contribution in [3.8, 4) is 11.4 Å². The molecule has 0 aliphatic heterocycles. The Balaban J connectivity index is 2.41. The van der Waals surface area contributed by atoms with Crippen molar-refractivity contribution in [3.63, 3.8) is 0 Å². The van der Waals surface area contributed by atoms with Gasteiger partial charge in [-0.15, -0.1) is 0 Å². The van der Waals surface area contributed by atoms with Crippen LogP contribution in [0.5, 0.6) is 0 Å². The first-order chi connectivity index (χ1) is 9.43. The zero-order chi connectivity index (χ0) is 14.8. The average molecular weight is 273 g/mol. The molecule has 2 aromatic rings. The van der Waals surface area contributed by atoms with Crippen LogP contribution in [0.1, 0.15) is 43.9 Å². The van der Waals surface area contributed by atoms with E-state index in [2.05, 4.69) is 42.0 Å². The fraction of sp³-hybridized carbons (Fsp3) is 0.400. The van der Waals surface area contributed by atoms with Gasteiger partial charge in [0.25, 0.3) is 0 Å². The summed E-state index contributed by atoms with van der Waals surface area (Å²) in [6, 6.07) is 7.93. The van der Waals surface area contributed by atoms with E-state index < -0.39 is 5.97 Å². The van der Waals surface area contributed by atoms with E-state index in [-0.39, 0.29) is 11.2 Å². The second-order valence-corrected chi connectivity index (χ2v) is 5.52. The Kier molecular flexibility index (Phi) is 3.88. The van der Waals surface area contributed by atoms with Crippen molar-refractivity contribution in [3.05, 3.63) is 35.7 Å². The lowest BCUT2D eigenvalue weighted by molar-refractivity contribution is 0.0512. The van der Waals surface area contributed by atoms with Gasteiger partial charge in [0.15, 0.2) is 5.82 Å². The molecule has 2 rings (SSSR count). The minimum Gasteiger partial charge on any atom is -0.460 e. The molecule has 1 N–H and O–H groups in total. The number of rotatable bonds is 3. The Hall–Kier alpha value is -2.17. The summed E-state index contributed by atoms with van der Waals surface area (Å²) in [6.45, 7) is 8.46. The molecule has 5 nitrogen and oxygen atoms in total. The maximum atomic E-state index is 11.6. The first-order valence-corrected chi connectivity index (χ1v) is 6.63. The fourth-order valence-electron chi connectivity index (χ4n) is 2.01. The van der Waals surface area contributed by atoms with Crippen molar-refractivity contribution >= 4 is 5.97 Å². The minimum absolute atomic E-state index is 0.0265. The summed E-state index contributed by atoms with van der Waals surface area (Å²) in [4.78, 5) is 15.8. The van der Waals surface area contributed by atoms with Crippen molar-refractivity contribution in [2.75, 3.05) is 6.61 Å². The van der Waals surface area contributed by atoms with Crippen LogP contribution in [-0.4, -0.2) is 27.8 Å². The maximum Gasteiger partial charge on any atom is 0.375 e. The number of carbonyl (C=O) groups excluding carboxylic acids is 1. The molecule has 0 unspecified atom stereocenters. The molecule has 0 atom stereocenters. The molecule has 0 fully saturated rings. The third-order valence-corrected chi connectivity index (χ3v) is 2.93. The highest BCUT2D eigenvalue weighted by atomic mass is 16.5. The molecule has 0 spiro atoms. The van der Waals surface area contributed by atoms with Gasteiger partial charge in [-0.05, 0) is 17.9 Å².